The highest BCUT2D eigenvalue weighted by Gasteiger charge is 2.10. The fraction of sp³-hybridized carbons (Fsp3) is 0.0909. The number of carbonyl (C=O) groups excluding carboxylic acids is 1. The van der Waals surface area contributed by atoms with Crippen molar-refractivity contribution in [1.29, 1.82) is 0 Å². The van der Waals surface area contributed by atoms with Gasteiger partial charge in [0.15, 0.2) is 11.6 Å². The van der Waals surface area contributed by atoms with Gasteiger partial charge in [0, 0.05) is 18.1 Å². The van der Waals surface area contributed by atoms with Crippen LogP contribution in [0.5, 0.6) is 11.5 Å². The van der Waals surface area contributed by atoms with E-state index in [0.717, 1.165) is 0 Å². The summed E-state index contributed by atoms with van der Waals surface area (Å²) in [6.45, 7) is 0.0759. The quantitative estimate of drug-likeness (QED) is 0.534. The summed E-state index contributed by atoms with van der Waals surface area (Å²) >= 11 is 0. The third-order valence-electron chi connectivity index (χ3n) is 4.40. The Morgan fingerprint density at radius 1 is 1.10 bits per heavy atom. The van der Waals surface area contributed by atoms with Gasteiger partial charge in [-0.2, -0.15) is 5.10 Å². The predicted octanol–water partition coefficient (Wildman–Crippen LogP) is 3.04. The van der Waals surface area contributed by atoms with Crippen LogP contribution < -0.4 is 15.5 Å². The summed E-state index contributed by atoms with van der Waals surface area (Å²) in [6, 6.07) is 14.8. The normalized spacial score (nSPS) is 10.7. The van der Waals surface area contributed by atoms with Crippen LogP contribution in [0.1, 0.15) is 5.56 Å². The highest BCUT2D eigenvalue weighted by molar-refractivity contribution is 5.81. The Morgan fingerprint density at radius 3 is 2.77 bits per heavy atom. The van der Waals surface area contributed by atoms with E-state index in [-0.39, 0.29) is 30.2 Å². The SMILES string of the molecule is O=C(Cn1ncc(=O)c2ccccc21)NCc1ccc(Oc2cccnc2)c(F)c1. The van der Waals surface area contributed by atoms with E-state index in [1.54, 1.807) is 48.7 Å². The highest BCUT2D eigenvalue weighted by atomic mass is 19.1. The fourth-order valence-corrected chi connectivity index (χ4v) is 2.95. The lowest BCUT2D eigenvalue weighted by Crippen LogP contribution is -2.28. The number of amides is 1. The first kappa shape index (κ1) is 19.3. The second-order valence-corrected chi connectivity index (χ2v) is 6.52. The number of carbonyl (C=O) groups is 1. The molecule has 7 nitrogen and oxygen atoms in total. The second kappa shape index (κ2) is 8.52. The van der Waals surface area contributed by atoms with E-state index < -0.39 is 5.82 Å². The smallest absolute Gasteiger partial charge is 0.242 e. The van der Waals surface area contributed by atoms with E-state index in [1.165, 1.54) is 29.2 Å². The van der Waals surface area contributed by atoms with E-state index in [1.807, 2.05) is 0 Å². The Hall–Kier alpha value is -4.07. The Kier molecular flexibility index (Phi) is 5.47. The molecule has 0 unspecified atom stereocenters. The van der Waals surface area contributed by atoms with Gasteiger partial charge in [0.1, 0.15) is 12.3 Å². The minimum absolute atomic E-state index is 0.0640. The van der Waals surface area contributed by atoms with Gasteiger partial charge in [0.2, 0.25) is 11.3 Å². The molecule has 8 heteroatoms. The number of halogens is 1. The molecule has 0 saturated heterocycles. The van der Waals surface area contributed by atoms with E-state index in [9.17, 15) is 14.0 Å². The van der Waals surface area contributed by atoms with Crippen LogP contribution in [0.25, 0.3) is 10.9 Å². The number of hydrogen-bond donors (Lipinski definition) is 1. The molecule has 4 rings (SSSR count). The monoisotopic (exact) mass is 404 g/mol. The minimum atomic E-state index is -0.543. The first-order valence-electron chi connectivity index (χ1n) is 9.18. The molecule has 150 valence electrons. The first-order chi connectivity index (χ1) is 14.6. The summed E-state index contributed by atoms with van der Waals surface area (Å²) in [5, 5.41) is 7.25. The molecule has 2 heterocycles. The number of fused-ring (bicyclic) bond motifs is 1. The number of para-hydroxylation sites is 1. The Bertz CT molecular complexity index is 1260. The zero-order chi connectivity index (χ0) is 20.9. The van der Waals surface area contributed by atoms with Crippen LogP contribution in [0.3, 0.4) is 0 Å². The summed E-state index contributed by atoms with van der Waals surface area (Å²) in [5.74, 6) is -0.355. The molecule has 1 amide bonds. The van der Waals surface area contributed by atoms with Gasteiger partial charge in [-0.25, -0.2) is 4.39 Å². The number of nitrogens with zero attached hydrogens (tertiary/aromatic N) is 3. The summed E-state index contributed by atoms with van der Waals surface area (Å²) in [6.07, 6.45) is 4.27. The van der Waals surface area contributed by atoms with Crippen LogP contribution in [0.15, 0.2) is 78.0 Å². The number of nitrogens with one attached hydrogen (secondary N) is 1. The van der Waals surface area contributed by atoms with Gasteiger partial charge >= 0.3 is 0 Å². The van der Waals surface area contributed by atoms with Crippen LogP contribution in [0.2, 0.25) is 0 Å². The largest absolute Gasteiger partial charge is 0.453 e. The molecule has 0 aliphatic rings. The van der Waals surface area contributed by atoms with E-state index >= 15 is 0 Å². The van der Waals surface area contributed by atoms with E-state index in [4.69, 9.17) is 4.74 Å². The highest BCUT2D eigenvalue weighted by Crippen LogP contribution is 2.24. The number of aromatic nitrogens is 3. The van der Waals surface area contributed by atoms with Crippen molar-refractivity contribution in [3.8, 4) is 11.5 Å². The van der Waals surface area contributed by atoms with Crippen molar-refractivity contribution in [3.05, 3.63) is 94.8 Å². The molecule has 2 aromatic heterocycles. The molecule has 0 fully saturated rings. The van der Waals surface area contributed by atoms with Gasteiger partial charge in [0.25, 0.3) is 0 Å². The van der Waals surface area contributed by atoms with Crippen molar-refractivity contribution in [3.63, 3.8) is 0 Å². The molecule has 0 saturated carbocycles. The average Bonchev–Trinajstić information content (AvgIpc) is 2.77. The molecule has 2 aromatic carbocycles. The zero-order valence-corrected chi connectivity index (χ0v) is 15.8. The molecule has 1 N–H and O–H groups in total. The molecule has 0 aliphatic heterocycles. The van der Waals surface area contributed by atoms with Gasteiger partial charge in [-0.15, -0.1) is 0 Å². The van der Waals surface area contributed by atoms with Crippen molar-refractivity contribution in [2.45, 2.75) is 13.1 Å². The Balaban J connectivity index is 1.40. The van der Waals surface area contributed by atoms with Gasteiger partial charge in [-0.3, -0.25) is 19.3 Å². The second-order valence-electron chi connectivity index (χ2n) is 6.52. The maximum Gasteiger partial charge on any atom is 0.242 e. The predicted molar refractivity (Wildman–Crippen MR) is 109 cm³/mol. The maximum atomic E-state index is 14.3. The third-order valence-corrected chi connectivity index (χ3v) is 4.40. The molecular weight excluding hydrogens is 387 g/mol. The fourth-order valence-electron chi connectivity index (χ4n) is 2.95. The topological polar surface area (TPSA) is 86.1 Å². The Morgan fingerprint density at radius 2 is 1.97 bits per heavy atom. The standard InChI is InChI=1S/C22H17FN4O3/c23-18-10-15(7-8-21(18)30-16-4-3-9-24-12-16)11-25-22(29)14-27-19-6-2-1-5-17(19)20(28)13-26-27/h1-10,12-13H,11,14H2,(H,25,29). The molecule has 0 spiro atoms. The van der Waals surface area contributed by atoms with Crippen LogP contribution in [0, 0.1) is 5.82 Å². The van der Waals surface area contributed by atoms with Crippen molar-refractivity contribution in [1.82, 2.24) is 20.1 Å². The summed E-state index contributed by atoms with van der Waals surface area (Å²) in [5.41, 5.74) is 0.950. The number of hydrogen-bond acceptors (Lipinski definition) is 5. The lowest BCUT2D eigenvalue weighted by molar-refractivity contribution is -0.121. The summed E-state index contributed by atoms with van der Waals surface area (Å²) in [4.78, 5) is 28.1. The van der Waals surface area contributed by atoms with Gasteiger partial charge in [0.05, 0.1) is 17.9 Å². The van der Waals surface area contributed by atoms with Crippen LogP contribution >= 0.6 is 0 Å². The first-order valence-corrected chi connectivity index (χ1v) is 9.18. The minimum Gasteiger partial charge on any atom is -0.453 e. The van der Waals surface area contributed by atoms with Crippen molar-refractivity contribution >= 4 is 16.8 Å². The number of pyridine rings is 1. The van der Waals surface area contributed by atoms with Crippen LogP contribution in [-0.4, -0.2) is 20.7 Å². The summed E-state index contributed by atoms with van der Waals surface area (Å²) < 4.78 is 21.2. The molecule has 0 bridgehead atoms. The molecule has 0 radical (unpaired) electrons. The molecule has 4 aromatic rings. The molecule has 30 heavy (non-hydrogen) atoms. The molecule has 0 atom stereocenters. The Labute approximate surface area is 170 Å². The van der Waals surface area contributed by atoms with E-state index in [2.05, 4.69) is 15.4 Å². The van der Waals surface area contributed by atoms with Crippen molar-refractivity contribution < 1.29 is 13.9 Å². The van der Waals surface area contributed by atoms with Gasteiger partial charge in [-0.05, 0) is 42.0 Å². The maximum absolute atomic E-state index is 14.3. The van der Waals surface area contributed by atoms with Gasteiger partial charge < -0.3 is 10.1 Å². The molecule has 0 aliphatic carbocycles. The third kappa shape index (κ3) is 4.33. The molecular formula is C22H17FN4O3. The lowest BCUT2D eigenvalue weighted by Gasteiger charge is -2.11. The number of rotatable bonds is 6. The van der Waals surface area contributed by atoms with Crippen LogP contribution in [-0.2, 0) is 17.9 Å². The lowest BCUT2D eigenvalue weighted by atomic mass is 10.2. The zero-order valence-electron chi connectivity index (χ0n) is 15.8. The van der Waals surface area contributed by atoms with E-state index in [0.29, 0.717) is 22.2 Å². The summed E-state index contributed by atoms with van der Waals surface area (Å²) in [7, 11) is 0. The van der Waals surface area contributed by atoms with Crippen LogP contribution in [0.4, 0.5) is 4.39 Å². The van der Waals surface area contributed by atoms with Crippen molar-refractivity contribution in [2.75, 3.05) is 0 Å². The van der Waals surface area contributed by atoms with Crippen molar-refractivity contribution in [2.24, 2.45) is 0 Å². The van der Waals surface area contributed by atoms with Gasteiger partial charge in [-0.1, -0.05) is 18.2 Å². The average molecular weight is 404 g/mol. The number of benzene rings is 2. The number of ether oxygens (including phenoxy) is 1.